The number of anilines is 2. The third kappa shape index (κ3) is 4.36. The second-order valence-corrected chi connectivity index (χ2v) is 9.00. The van der Waals surface area contributed by atoms with Crippen LogP contribution in [0.5, 0.6) is 0 Å². The molecule has 1 unspecified atom stereocenters. The van der Waals surface area contributed by atoms with Crippen LogP contribution >= 0.6 is 23.1 Å². The average molecular weight is 419 g/mol. The van der Waals surface area contributed by atoms with E-state index in [2.05, 4.69) is 10.3 Å². The van der Waals surface area contributed by atoms with Crippen molar-refractivity contribution >= 4 is 51.6 Å². The van der Waals surface area contributed by atoms with Gasteiger partial charge in [-0.3, -0.25) is 14.4 Å². The van der Waals surface area contributed by atoms with Crippen molar-refractivity contribution in [2.24, 2.45) is 11.7 Å². The number of hydrogen-bond donors (Lipinski definition) is 2. The zero-order chi connectivity index (χ0) is 20.4. The molecule has 3 N–H and O–H groups in total. The summed E-state index contributed by atoms with van der Waals surface area (Å²) in [5.74, 6) is -0.945. The van der Waals surface area contributed by atoms with E-state index in [0.29, 0.717) is 11.7 Å². The Labute approximate surface area is 171 Å². The summed E-state index contributed by atoms with van der Waals surface area (Å²) in [5, 5.41) is 3.28. The number of primary amides is 1. The number of thiazole rings is 1. The Morgan fingerprint density at radius 3 is 2.82 bits per heavy atom. The number of nitrogens with one attached hydrogen (secondary N) is 1. The van der Waals surface area contributed by atoms with Crippen LogP contribution in [0.15, 0.2) is 22.4 Å². The zero-order valence-corrected chi connectivity index (χ0v) is 17.6. The number of benzene rings is 1. The molecule has 0 bridgehead atoms. The summed E-state index contributed by atoms with van der Waals surface area (Å²) in [6.07, 6.45) is 0.173. The minimum Gasteiger partial charge on any atom is -0.369 e. The number of thioether (sulfide) groups is 1. The van der Waals surface area contributed by atoms with Gasteiger partial charge in [-0.1, -0.05) is 23.5 Å². The lowest BCUT2D eigenvalue weighted by Gasteiger charge is -2.20. The van der Waals surface area contributed by atoms with Crippen LogP contribution in [0.25, 0.3) is 0 Å². The maximum atomic E-state index is 12.7. The molecule has 9 heteroatoms. The number of rotatable bonds is 6. The lowest BCUT2D eigenvalue weighted by Crippen LogP contribution is -2.28. The molecule has 1 saturated heterocycles. The summed E-state index contributed by atoms with van der Waals surface area (Å²) in [6.45, 7) is 6.15. The van der Waals surface area contributed by atoms with Gasteiger partial charge < -0.3 is 16.0 Å². The van der Waals surface area contributed by atoms with Crippen molar-refractivity contribution < 1.29 is 14.4 Å². The highest BCUT2D eigenvalue weighted by Gasteiger charge is 2.36. The number of nitrogens with two attached hydrogens (primary N) is 1. The second kappa shape index (κ2) is 8.32. The molecule has 7 nitrogen and oxygen atoms in total. The van der Waals surface area contributed by atoms with E-state index < -0.39 is 11.8 Å². The molecular formula is C19H22N4O3S2. The van der Waals surface area contributed by atoms with E-state index in [-0.39, 0.29) is 24.0 Å². The second-order valence-electron chi connectivity index (χ2n) is 6.76. The third-order valence-electron chi connectivity index (χ3n) is 4.69. The van der Waals surface area contributed by atoms with Crippen LogP contribution in [-0.4, -0.2) is 35.0 Å². The summed E-state index contributed by atoms with van der Waals surface area (Å²) in [4.78, 5) is 42.1. The highest BCUT2D eigenvalue weighted by molar-refractivity contribution is 8.01. The Bertz CT molecular complexity index is 941. The van der Waals surface area contributed by atoms with Crippen molar-refractivity contribution in [3.05, 3.63) is 35.0 Å². The average Bonchev–Trinajstić information content (AvgIpc) is 3.18. The number of aryl methyl sites for hydroxylation is 2. The van der Waals surface area contributed by atoms with Crippen LogP contribution in [-0.2, 0) is 14.4 Å². The Morgan fingerprint density at radius 1 is 1.36 bits per heavy atom. The summed E-state index contributed by atoms with van der Waals surface area (Å²) in [7, 11) is 0. The van der Waals surface area contributed by atoms with E-state index in [0.717, 1.165) is 26.7 Å². The van der Waals surface area contributed by atoms with E-state index in [4.69, 9.17) is 5.73 Å². The fraction of sp³-hybridized carbons (Fsp3) is 0.368. The number of aromatic nitrogens is 1. The monoisotopic (exact) mass is 418 g/mol. The molecule has 1 atom stereocenters. The van der Waals surface area contributed by atoms with E-state index in [1.165, 1.54) is 23.1 Å². The number of carbonyl (C=O) groups is 3. The number of carbonyl (C=O) groups excluding carboxylic acids is 3. The summed E-state index contributed by atoms with van der Waals surface area (Å²) in [5.41, 5.74) is 8.93. The fourth-order valence-electron chi connectivity index (χ4n) is 3.06. The molecule has 2 heterocycles. The van der Waals surface area contributed by atoms with Gasteiger partial charge >= 0.3 is 0 Å². The van der Waals surface area contributed by atoms with E-state index in [1.54, 1.807) is 4.90 Å². The molecule has 1 aromatic carbocycles. The Morgan fingerprint density at radius 2 is 2.11 bits per heavy atom. The maximum Gasteiger partial charge on any atom is 0.231 e. The van der Waals surface area contributed by atoms with Crippen molar-refractivity contribution in [1.82, 2.24) is 4.98 Å². The molecule has 2 aromatic rings. The summed E-state index contributed by atoms with van der Waals surface area (Å²) >= 11 is 2.61. The first-order valence-electron chi connectivity index (χ1n) is 8.82. The lowest BCUT2D eigenvalue weighted by atomic mass is 10.1. The predicted octanol–water partition coefficient (Wildman–Crippen LogP) is 2.64. The maximum absolute atomic E-state index is 12.7. The molecule has 28 heavy (non-hydrogen) atoms. The van der Waals surface area contributed by atoms with Gasteiger partial charge in [0.05, 0.1) is 21.6 Å². The molecule has 1 fully saturated rings. The van der Waals surface area contributed by atoms with Crippen molar-refractivity contribution in [3.8, 4) is 0 Å². The van der Waals surface area contributed by atoms with Crippen LogP contribution in [0.4, 0.5) is 10.8 Å². The van der Waals surface area contributed by atoms with Crippen LogP contribution in [0.3, 0.4) is 0 Å². The number of amides is 3. The summed E-state index contributed by atoms with van der Waals surface area (Å²) < 4.78 is 0.841. The van der Waals surface area contributed by atoms with E-state index >= 15 is 0 Å². The first-order valence-corrected chi connectivity index (χ1v) is 10.6. The van der Waals surface area contributed by atoms with Gasteiger partial charge in [0.1, 0.15) is 0 Å². The SMILES string of the molecule is Cc1cccc(N2CC(C(=O)Nc3nc(C)c(SCC(N)=O)s3)CC2=O)c1C. The van der Waals surface area contributed by atoms with Crippen molar-refractivity contribution in [3.63, 3.8) is 0 Å². The molecule has 0 saturated carbocycles. The van der Waals surface area contributed by atoms with Crippen molar-refractivity contribution in [2.45, 2.75) is 31.4 Å². The molecule has 3 rings (SSSR count). The lowest BCUT2D eigenvalue weighted by molar-refractivity contribution is -0.122. The van der Waals surface area contributed by atoms with Crippen LogP contribution in [0.1, 0.15) is 23.2 Å². The normalized spacial score (nSPS) is 16.5. The van der Waals surface area contributed by atoms with Gasteiger partial charge in [-0.15, -0.1) is 11.8 Å². The zero-order valence-electron chi connectivity index (χ0n) is 15.9. The largest absolute Gasteiger partial charge is 0.369 e. The molecule has 148 valence electrons. The Balaban J connectivity index is 1.67. The quantitative estimate of drug-likeness (QED) is 0.702. The van der Waals surface area contributed by atoms with Gasteiger partial charge in [0.2, 0.25) is 17.7 Å². The molecule has 0 spiro atoms. The van der Waals surface area contributed by atoms with Crippen LogP contribution < -0.4 is 16.0 Å². The van der Waals surface area contributed by atoms with Gasteiger partial charge in [-0.05, 0) is 38.0 Å². The highest BCUT2D eigenvalue weighted by Crippen LogP contribution is 2.33. The smallest absolute Gasteiger partial charge is 0.231 e. The van der Waals surface area contributed by atoms with Gasteiger partial charge in [0.25, 0.3) is 0 Å². The molecular weight excluding hydrogens is 396 g/mol. The van der Waals surface area contributed by atoms with Crippen LogP contribution in [0.2, 0.25) is 0 Å². The molecule has 1 aliphatic heterocycles. The van der Waals surface area contributed by atoms with Gasteiger partial charge in [-0.2, -0.15) is 0 Å². The van der Waals surface area contributed by atoms with Gasteiger partial charge in [0.15, 0.2) is 5.13 Å². The van der Waals surface area contributed by atoms with E-state index in [9.17, 15) is 14.4 Å². The minimum absolute atomic E-state index is 0.0538. The standard InChI is InChI=1S/C19H22N4O3S2/c1-10-5-4-6-14(11(10)2)23-8-13(7-16(23)25)17(26)22-19-21-12(3)18(28-19)27-9-15(20)24/h4-6,13H,7-9H2,1-3H3,(H2,20,24)(H,21,22,26). The number of nitrogens with zero attached hydrogens (tertiary/aromatic N) is 2. The Hall–Kier alpha value is -2.39. The van der Waals surface area contributed by atoms with Gasteiger partial charge in [0, 0.05) is 18.7 Å². The van der Waals surface area contributed by atoms with Crippen molar-refractivity contribution in [1.29, 1.82) is 0 Å². The number of hydrogen-bond acceptors (Lipinski definition) is 6. The summed E-state index contributed by atoms with van der Waals surface area (Å²) in [6, 6.07) is 5.83. The van der Waals surface area contributed by atoms with Gasteiger partial charge in [-0.25, -0.2) is 4.98 Å². The van der Waals surface area contributed by atoms with E-state index in [1.807, 2.05) is 39.0 Å². The fourth-order valence-corrected chi connectivity index (χ4v) is 4.94. The first kappa shape index (κ1) is 20.3. The highest BCUT2D eigenvalue weighted by atomic mass is 32.2. The topological polar surface area (TPSA) is 105 Å². The van der Waals surface area contributed by atoms with Crippen LogP contribution in [0, 0.1) is 26.7 Å². The third-order valence-corrected chi connectivity index (χ3v) is 7.15. The molecule has 1 aromatic heterocycles. The molecule has 3 amide bonds. The molecule has 0 radical (unpaired) electrons. The minimum atomic E-state index is -0.432. The molecule has 1 aliphatic rings. The van der Waals surface area contributed by atoms with Crippen molar-refractivity contribution in [2.75, 3.05) is 22.5 Å². The first-order chi connectivity index (χ1) is 13.3. The predicted molar refractivity (Wildman–Crippen MR) is 112 cm³/mol. The Kier molecular flexibility index (Phi) is 6.04. The molecule has 0 aliphatic carbocycles.